The number of piperidine rings is 1. The van der Waals surface area contributed by atoms with Crippen LogP contribution < -0.4 is 0 Å². The first-order valence-electron chi connectivity index (χ1n) is 9.93. The monoisotopic (exact) mass is 346 g/mol. The highest BCUT2D eigenvalue weighted by molar-refractivity contribution is 5.91. The number of ketones is 1. The molecule has 2 heterocycles. The van der Waals surface area contributed by atoms with Crippen LogP contribution in [0.5, 0.6) is 0 Å². The number of rotatable bonds is 8. The lowest BCUT2D eigenvalue weighted by Crippen LogP contribution is -2.38. The smallest absolute Gasteiger partial charge is 0.263 e. The van der Waals surface area contributed by atoms with Crippen LogP contribution in [0.2, 0.25) is 0 Å². The summed E-state index contributed by atoms with van der Waals surface area (Å²) in [5, 5.41) is 0. The van der Waals surface area contributed by atoms with Gasteiger partial charge in [0.25, 0.3) is 5.89 Å². The van der Waals surface area contributed by atoms with Crippen molar-refractivity contribution in [3.63, 3.8) is 0 Å². The predicted octanol–water partition coefficient (Wildman–Crippen LogP) is 4.24. The van der Waals surface area contributed by atoms with Gasteiger partial charge in [-0.25, -0.2) is 4.98 Å². The average Bonchev–Trinajstić information content (AvgIpc) is 3.34. The summed E-state index contributed by atoms with van der Waals surface area (Å²) < 4.78 is 5.03. The van der Waals surface area contributed by atoms with E-state index in [9.17, 15) is 9.59 Å². The summed E-state index contributed by atoms with van der Waals surface area (Å²) in [7, 11) is 0. The molecule has 0 bridgehead atoms. The molecule has 0 radical (unpaired) electrons. The van der Waals surface area contributed by atoms with Crippen LogP contribution in [-0.4, -0.2) is 34.7 Å². The Morgan fingerprint density at radius 1 is 1.04 bits per heavy atom. The third-order valence-corrected chi connectivity index (χ3v) is 5.90. The molecule has 2 aliphatic rings. The van der Waals surface area contributed by atoms with Crippen molar-refractivity contribution in [2.75, 3.05) is 13.1 Å². The molecule has 5 heteroatoms. The quantitative estimate of drug-likeness (QED) is 0.661. The molecule has 1 amide bonds. The van der Waals surface area contributed by atoms with E-state index in [2.05, 4.69) is 9.88 Å². The first kappa shape index (κ1) is 18.2. The molecule has 1 aliphatic carbocycles. The molecule has 2 fully saturated rings. The Balaban J connectivity index is 1.29. The number of amides is 1. The van der Waals surface area contributed by atoms with E-state index in [0.717, 1.165) is 57.5 Å². The van der Waals surface area contributed by atoms with Gasteiger partial charge in [0.05, 0.1) is 6.20 Å². The van der Waals surface area contributed by atoms with E-state index in [0.29, 0.717) is 18.2 Å². The molecule has 0 N–H and O–H groups in total. The Kier molecular flexibility index (Phi) is 6.65. The number of likely N-dealkylation sites (tertiary alicyclic amines) is 1. The Hall–Kier alpha value is -1.65. The highest BCUT2D eigenvalue weighted by atomic mass is 16.3. The molecule has 1 aliphatic heterocycles. The fourth-order valence-electron chi connectivity index (χ4n) is 4.28. The number of carbonyl (C=O) groups excluding carboxylic acids is 2. The van der Waals surface area contributed by atoms with E-state index in [1.165, 1.54) is 38.1 Å². The largest absolute Gasteiger partial charge is 0.442 e. The molecule has 0 spiro atoms. The van der Waals surface area contributed by atoms with Gasteiger partial charge in [-0.05, 0) is 43.9 Å². The van der Waals surface area contributed by atoms with Gasteiger partial charge in [0.15, 0.2) is 0 Å². The van der Waals surface area contributed by atoms with E-state index in [1.807, 2.05) is 0 Å². The van der Waals surface area contributed by atoms with Crippen molar-refractivity contribution in [3.8, 4) is 0 Å². The van der Waals surface area contributed by atoms with Gasteiger partial charge < -0.3 is 9.32 Å². The van der Waals surface area contributed by atoms with E-state index in [1.54, 1.807) is 0 Å². The number of hydrogen-bond acceptors (Lipinski definition) is 4. The number of Topliss-reactive ketones (excluding diaryl/α,β-unsaturated/α-hetero) is 1. The summed E-state index contributed by atoms with van der Waals surface area (Å²) in [6.07, 6.45) is 14.7. The molecule has 5 nitrogen and oxygen atoms in total. The van der Waals surface area contributed by atoms with E-state index < -0.39 is 0 Å². The normalized spacial score (nSPS) is 19.4. The highest BCUT2D eigenvalue weighted by Crippen LogP contribution is 2.29. The Labute approximate surface area is 150 Å². The summed E-state index contributed by atoms with van der Waals surface area (Å²) in [5.74, 6) is 2.00. The highest BCUT2D eigenvalue weighted by Gasteiger charge is 2.24. The van der Waals surface area contributed by atoms with Crippen molar-refractivity contribution in [2.24, 2.45) is 11.8 Å². The van der Waals surface area contributed by atoms with Gasteiger partial charge >= 0.3 is 0 Å². The Bertz CT molecular complexity index is 541. The van der Waals surface area contributed by atoms with Crippen LogP contribution in [0.1, 0.15) is 81.3 Å². The summed E-state index contributed by atoms with van der Waals surface area (Å²) in [6, 6.07) is 0. The second-order valence-electron chi connectivity index (χ2n) is 7.67. The van der Waals surface area contributed by atoms with Crippen LogP contribution >= 0.6 is 0 Å². The topological polar surface area (TPSA) is 63.4 Å². The fourth-order valence-corrected chi connectivity index (χ4v) is 4.28. The van der Waals surface area contributed by atoms with Crippen LogP contribution in [0.4, 0.5) is 0 Å². The van der Waals surface area contributed by atoms with Gasteiger partial charge in [-0.2, -0.15) is 0 Å². The van der Waals surface area contributed by atoms with Gasteiger partial charge in [-0.3, -0.25) is 9.59 Å². The first-order valence-corrected chi connectivity index (χ1v) is 9.93. The second kappa shape index (κ2) is 9.16. The minimum Gasteiger partial charge on any atom is -0.442 e. The average molecular weight is 346 g/mol. The Morgan fingerprint density at radius 3 is 2.44 bits per heavy atom. The molecule has 0 atom stereocenters. The maximum Gasteiger partial charge on any atom is 0.263 e. The summed E-state index contributed by atoms with van der Waals surface area (Å²) in [5.41, 5.74) is 0. The molecule has 1 aromatic heterocycles. The molecule has 0 unspecified atom stereocenters. The minimum atomic E-state index is -0.00970. The lowest BCUT2D eigenvalue weighted by Gasteiger charge is -2.32. The predicted molar refractivity (Wildman–Crippen MR) is 95.2 cm³/mol. The number of aromatic nitrogens is 1. The lowest BCUT2D eigenvalue weighted by molar-refractivity contribution is -0.132. The molecule has 1 aromatic rings. The molecule has 138 valence electrons. The zero-order valence-corrected chi connectivity index (χ0v) is 15.1. The molecule has 25 heavy (non-hydrogen) atoms. The number of hydrogen-bond donors (Lipinski definition) is 0. The van der Waals surface area contributed by atoms with Crippen LogP contribution in [0.3, 0.4) is 0 Å². The number of oxazole rings is 1. The number of carbonyl (C=O) groups is 2. The third-order valence-electron chi connectivity index (χ3n) is 5.90. The van der Waals surface area contributed by atoms with Crippen LogP contribution in [0.25, 0.3) is 0 Å². The SMILES string of the molecule is O=C(CCCC1CCN(C(=O)CCC2CCCC2)CC1)c1ncco1. The maximum atomic E-state index is 12.4. The molecular weight excluding hydrogens is 316 g/mol. The van der Waals surface area contributed by atoms with E-state index >= 15 is 0 Å². The zero-order valence-electron chi connectivity index (χ0n) is 15.1. The van der Waals surface area contributed by atoms with Gasteiger partial charge in [-0.15, -0.1) is 0 Å². The molecule has 1 saturated carbocycles. The lowest BCUT2D eigenvalue weighted by atomic mass is 9.91. The van der Waals surface area contributed by atoms with Crippen LogP contribution in [-0.2, 0) is 4.79 Å². The Morgan fingerprint density at radius 2 is 1.76 bits per heavy atom. The van der Waals surface area contributed by atoms with Crippen molar-refractivity contribution >= 4 is 11.7 Å². The summed E-state index contributed by atoms with van der Waals surface area (Å²) >= 11 is 0. The standard InChI is InChI=1S/C20H30N2O3/c23-18(20-21-12-15-25-20)7-3-6-17-10-13-22(14-11-17)19(24)9-8-16-4-1-2-5-16/h12,15-17H,1-11,13-14H2. The van der Waals surface area contributed by atoms with Gasteiger partial charge in [0.2, 0.25) is 11.7 Å². The van der Waals surface area contributed by atoms with E-state index in [-0.39, 0.29) is 11.7 Å². The van der Waals surface area contributed by atoms with Crippen molar-refractivity contribution in [3.05, 3.63) is 18.4 Å². The third kappa shape index (κ3) is 5.41. The number of nitrogens with zero attached hydrogens (tertiary/aromatic N) is 2. The van der Waals surface area contributed by atoms with Crippen molar-refractivity contribution in [1.29, 1.82) is 0 Å². The molecule has 0 aromatic carbocycles. The first-order chi connectivity index (χ1) is 12.2. The summed E-state index contributed by atoms with van der Waals surface area (Å²) in [4.78, 5) is 30.2. The van der Waals surface area contributed by atoms with Gasteiger partial charge in [0.1, 0.15) is 6.26 Å². The van der Waals surface area contributed by atoms with Crippen molar-refractivity contribution in [1.82, 2.24) is 9.88 Å². The fraction of sp³-hybridized carbons (Fsp3) is 0.750. The molecule has 1 saturated heterocycles. The van der Waals surface area contributed by atoms with E-state index in [4.69, 9.17) is 4.42 Å². The maximum absolute atomic E-state index is 12.4. The molecular formula is C20H30N2O3. The van der Waals surface area contributed by atoms with Crippen LogP contribution in [0.15, 0.2) is 16.9 Å². The van der Waals surface area contributed by atoms with Crippen molar-refractivity contribution < 1.29 is 14.0 Å². The van der Waals surface area contributed by atoms with Gasteiger partial charge in [0, 0.05) is 25.9 Å². The zero-order chi connectivity index (χ0) is 17.5. The van der Waals surface area contributed by atoms with Crippen LogP contribution in [0, 0.1) is 11.8 Å². The molecule has 3 rings (SSSR count). The summed E-state index contributed by atoms with van der Waals surface area (Å²) in [6.45, 7) is 1.78. The van der Waals surface area contributed by atoms with Gasteiger partial charge in [-0.1, -0.05) is 25.7 Å². The van der Waals surface area contributed by atoms with Crippen molar-refractivity contribution in [2.45, 2.75) is 70.6 Å². The second-order valence-corrected chi connectivity index (χ2v) is 7.67. The minimum absolute atomic E-state index is 0.00970.